The Labute approximate surface area is 269 Å². The SMILES string of the molecule is COCCc1cc([N+]#N)c(C)cc1OCC(=O)c1ccccc1.Cc1cc(C)c([N+]#N)cc1C.Cc1cc2c(cc1[N+]#N)CCO2. The third-order valence-electron chi connectivity index (χ3n) is 7.55. The van der Waals surface area contributed by atoms with E-state index in [0.717, 1.165) is 52.2 Å². The van der Waals surface area contributed by atoms with Crippen LogP contribution in [0, 0.1) is 50.8 Å². The fraction of sp³-hybridized carbons (Fsp3) is 0.306. The summed E-state index contributed by atoms with van der Waals surface area (Å²) in [4.78, 5) is 21.8. The average molecular weight is 620 g/mol. The fourth-order valence-corrected chi connectivity index (χ4v) is 4.69. The molecular formula is C36H39N6O4+3. The van der Waals surface area contributed by atoms with Crippen LogP contribution in [0.4, 0.5) is 17.1 Å². The van der Waals surface area contributed by atoms with E-state index in [1.807, 2.05) is 77.1 Å². The minimum absolute atomic E-state index is 0.0426. The molecule has 10 nitrogen and oxygen atoms in total. The standard InChI is InChI=1S/C18H19N2O3.C9H9N2O.C9H11N2/c1-13-10-18(15(8-9-22-2)11-16(13)20-19)23-12-17(21)14-6-4-3-5-7-14;1-6-4-9-7(2-3-12-9)5-8(6)11-10;1-6-4-8(3)9(11-10)5-7(6)2/h3-7,10-11H,8-9,12H2,1-2H3;4-5H,2-3H2,1H3;4-5H,1-3H3/q3*+1. The van der Waals surface area contributed by atoms with Gasteiger partial charge in [0.15, 0.2) is 27.3 Å². The maximum absolute atomic E-state index is 12.1. The molecule has 0 N–H and O–H groups in total. The number of carbonyl (C=O) groups excluding carboxylic acids is 1. The van der Waals surface area contributed by atoms with Crippen molar-refractivity contribution in [3.63, 3.8) is 0 Å². The van der Waals surface area contributed by atoms with Crippen molar-refractivity contribution in [3.8, 4) is 11.5 Å². The number of ether oxygens (including phenoxy) is 3. The summed E-state index contributed by atoms with van der Waals surface area (Å²) in [6.07, 6.45) is 1.52. The first-order valence-electron chi connectivity index (χ1n) is 14.8. The molecule has 0 saturated carbocycles. The lowest BCUT2D eigenvalue weighted by atomic mass is 10.1. The largest absolute Gasteiger partial charge is 0.493 e. The molecule has 0 aromatic heterocycles. The number of aryl methyl sites for hydroxylation is 5. The number of methoxy groups -OCH3 is 1. The number of hydrogen-bond donors (Lipinski definition) is 0. The molecule has 0 saturated heterocycles. The smallest absolute Gasteiger partial charge is 0.388 e. The summed E-state index contributed by atoms with van der Waals surface area (Å²) in [7, 11) is 1.62. The molecule has 1 heterocycles. The van der Waals surface area contributed by atoms with Gasteiger partial charge in [-0.1, -0.05) is 30.3 Å². The Morgan fingerprint density at radius 2 is 1.35 bits per heavy atom. The number of ketones is 1. The summed E-state index contributed by atoms with van der Waals surface area (Å²) >= 11 is 0. The lowest BCUT2D eigenvalue weighted by Crippen LogP contribution is -2.12. The molecule has 0 bridgehead atoms. The maximum atomic E-state index is 12.1. The van der Waals surface area contributed by atoms with Crippen LogP contribution in [-0.4, -0.2) is 32.7 Å². The summed E-state index contributed by atoms with van der Waals surface area (Å²) in [6.45, 7) is 10.9. The molecule has 1 aliphatic heterocycles. The normalized spacial score (nSPS) is 10.8. The van der Waals surface area contributed by atoms with Crippen molar-refractivity contribution in [2.75, 3.05) is 26.9 Å². The summed E-state index contributed by atoms with van der Waals surface area (Å²) < 4.78 is 16.1. The highest BCUT2D eigenvalue weighted by Crippen LogP contribution is 2.32. The van der Waals surface area contributed by atoms with Gasteiger partial charge in [-0.05, 0) is 70.4 Å². The van der Waals surface area contributed by atoms with Gasteiger partial charge in [-0.25, -0.2) is 0 Å². The second-order valence-electron chi connectivity index (χ2n) is 10.9. The summed E-state index contributed by atoms with van der Waals surface area (Å²) in [6, 6.07) is 20.2. The number of carbonyl (C=O) groups is 1. The zero-order valence-electron chi connectivity index (χ0n) is 27.2. The van der Waals surface area contributed by atoms with Crippen molar-refractivity contribution in [3.05, 3.63) is 126 Å². The second kappa shape index (κ2) is 17.0. The quantitative estimate of drug-likeness (QED) is 0.149. The number of Topliss-reactive ketones (excluding diaryl/α,β-unsaturated/α-hetero) is 1. The molecule has 0 spiro atoms. The Balaban J connectivity index is 0.000000209. The molecule has 4 aromatic carbocycles. The molecule has 0 radical (unpaired) electrons. The lowest BCUT2D eigenvalue weighted by molar-refractivity contribution is 0.0920. The molecule has 0 atom stereocenters. The topological polar surface area (TPSA) is 129 Å². The molecule has 46 heavy (non-hydrogen) atoms. The van der Waals surface area contributed by atoms with Gasteiger partial charge in [0, 0.05) is 65.1 Å². The predicted molar refractivity (Wildman–Crippen MR) is 178 cm³/mol. The molecule has 4 aromatic rings. The number of diazo groups is 3. The van der Waals surface area contributed by atoms with E-state index >= 15 is 0 Å². The molecule has 0 fully saturated rings. The number of benzene rings is 4. The van der Waals surface area contributed by atoms with E-state index in [4.69, 9.17) is 30.4 Å². The third-order valence-corrected chi connectivity index (χ3v) is 7.55. The summed E-state index contributed by atoms with van der Waals surface area (Å²) in [5.41, 5.74) is 9.48. The van der Waals surface area contributed by atoms with E-state index in [-0.39, 0.29) is 12.4 Å². The van der Waals surface area contributed by atoms with Gasteiger partial charge in [-0.2, -0.15) is 0 Å². The first-order valence-corrected chi connectivity index (χ1v) is 14.8. The highest BCUT2D eigenvalue weighted by molar-refractivity contribution is 5.97. The van der Waals surface area contributed by atoms with Crippen molar-refractivity contribution >= 4 is 22.8 Å². The Bertz CT molecular complexity index is 1820. The van der Waals surface area contributed by atoms with E-state index in [0.29, 0.717) is 41.4 Å². The monoisotopic (exact) mass is 619 g/mol. The molecule has 0 aliphatic carbocycles. The fourth-order valence-electron chi connectivity index (χ4n) is 4.69. The minimum atomic E-state index is -0.0862. The van der Waals surface area contributed by atoms with Crippen molar-refractivity contribution in [2.45, 2.75) is 47.5 Å². The Hall–Kier alpha value is -5.63. The molecule has 0 unspecified atom stereocenters. The van der Waals surface area contributed by atoms with Gasteiger partial charge >= 0.3 is 17.1 Å². The first kappa shape index (κ1) is 34.9. The third kappa shape index (κ3) is 9.43. The van der Waals surface area contributed by atoms with E-state index in [1.165, 1.54) is 5.56 Å². The highest BCUT2D eigenvalue weighted by atomic mass is 16.5. The molecule has 5 rings (SSSR count). The van der Waals surface area contributed by atoms with Gasteiger partial charge in [0.2, 0.25) is 16.2 Å². The first-order chi connectivity index (χ1) is 22.1. The van der Waals surface area contributed by atoms with Gasteiger partial charge in [0.1, 0.15) is 11.5 Å². The highest BCUT2D eigenvalue weighted by Gasteiger charge is 2.20. The molecule has 234 valence electrons. The Kier molecular flexibility index (Phi) is 12.9. The number of rotatable bonds is 7. The molecular weight excluding hydrogens is 580 g/mol. The molecule has 1 aliphatic rings. The van der Waals surface area contributed by atoms with Crippen LogP contribution >= 0.6 is 0 Å². The van der Waals surface area contributed by atoms with Crippen LogP contribution in [0.1, 0.15) is 49.3 Å². The van der Waals surface area contributed by atoms with Gasteiger partial charge in [-0.3, -0.25) is 4.79 Å². The van der Waals surface area contributed by atoms with Crippen LogP contribution in [0.25, 0.3) is 14.9 Å². The van der Waals surface area contributed by atoms with Gasteiger partial charge in [0.05, 0.1) is 13.2 Å². The molecule has 0 amide bonds. The molecule has 10 heteroatoms. The number of fused-ring (bicyclic) bond motifs is 1. The van der Waals surface area contributed by atoms with Crippen LogP contribution in [-0.2, 0) is 17.6 Å². The van der Waals surface area contributed by atoms with E-state index in [2.05, 4.69) is 14.9 Å². The van der Waals surface area contributed by atoms with Crippen molar-refractivity contribution < 1.29 is 19.0 Å². The maximum Gasteiger partial charge on any atom is 0.388 e. The van der Waals surface area contributed by atoms with Gasteiger partial charge < -0.3 is 14.2 Å². The zero-order valence-corrected chi connectivity index (χ0v) is 27.2. The summed E-state index contributed by atoms with van der Waals surface area (Å²) in [5, 5.41) is 26.2. The van der Waals surface area contributed by atoms with Crippen molar-refractivity contribution in [1.82, 2.24) is 0 Å². The summed E-state index contributed by atoms with van der Waals surface area (Å²) in [5.74, 6) is 1.45. The van der Waals surface area contributed by atoms with Crippen LogP contribution in [0.2, 0.25) is 0 Å². The average Bonchev–Trinajstić information content (AvgIpc) is 3.52. The van der Waals surface area contributed by atoms with E-state index in [9.17, 15) is 4.79 Å². The zero-order chi connectivity index (χ0) is 33.6. The van der Waals surface area contributed by atoms with Gasteiger partial charge in [-0.15, -0.1) is 0 Å². The Morgan fingerprint density at radius 1 is 0.761 bits per heavy atom. The predicted octanol–water partition coefficient (Wildman–Crippen LogP) is 9.44. The van der Waals surface area contributed by atoms with Crippen LogP contribution in [0.3, 0.4) is 0 Å². The van der Waals surface area contributed by atoms with Crippen molar-refractivity contribution in [2.24, 2.45) is 0 Å². The minimum Gasteiger partial charge on any atom is -0.493 e. The van der Waals surface area contributed by atoms with Crippen molar-refractivity contribution in [1.29, 1.82) is 16.2 Å². The van der Waals surface area contributed by atoms with Crippen LogP contribution in [0.5, 0.6) is 11.5 Å². The van der Waals surface area contributed by atoms with Crippen LogP contribution in [0.15, 0.2) is 66.7 Å². The Morgan fingerprint density at radius 3 is 2.00 bits per heavy atom. The van der Waals surface area contributed by atoms with E-state index < -0.39 is 0 Å². The van der Waals surface area contributed by atoms with E-state index in [1.54, 1.807) is 31.4 Å². The number of hydrogen-bond acceptors (Lipinski definition) is 7. The number of nitrogens with zero attached hydrogens (tertiary/aromatic N) is 6. The lowest BCUT2D eigenvalue weighted by Gasteiger charge is -2.11. The van der Waals surface area contributed by atoms with Crippen LogP contribution < -0.4 is 9.47 Å². The van der Waals surface area contributed by atoms with Gasteiger partial charge in [0.25, 0.3) is 0 Å². The second-order valence-corrected chi connectivity index (χ2v) is 10.9.